The molecule has 0 saturated carbocycles. The highest BCUT2D eigenvalue weighted by molar-refractivity contribution is 5.81. The zero-order valence-corrected chi connectivity index (χ0v) is 5.63. The van der Waals surface area contributed by atoms with Gasteiger partial charge >= 0.3 is 5.97 Å². The van der Waals surface area contributed by atoms with E-state index in [9.17, 15) is 4.79 Å². The van der Waals surface area contributed by atoms with Crippen LogP contribution in [-0.2, 0) is 9.53 Å². The molecule has 52 valence electrons. The summed E-state index contributed by atoms with van der Waals surface area (Å²) in [6.07, 6.45) is 2.89. The first-order valence-electron chi connectivity index (χ1n) is 2.68. The molecule has 0 aliphatic carbocycles. The van der Waals surface area contributed by atoms with E-state index in [-0.39, 0.29) is 12.0 Å². The Morgan fingerprint density at radius 1 is 1.78 bits per heavy atom. The minimum atomic E-state index is -0.368. The Labute approximate surface area is 54.5 Å². The van der Waals surface area contributed by atoms with Gasteiger partial charge in [-0.3, -0.25) is 0 Å². The summed E-state index contributed by atoms with van der Waals surface area (Å²) < 4.78 is 4.32. The average molecular weight is 129 g/mol. The van der Waals surface area contributed by atoms with E-state index < -0.39 is 0 Å². The normalized spacial score (nSPS) is 13.7. The maximum atomic E-state index is 10.4. The summed E-state index contributed by atoms with van der Waals surface area (Å²) in [6.45, 7) is 1.78. The number of ether oxygens (including phenoxy) is 1. The third kappa shape index (κ3) is 5.03. The molecule has 0 aromatic rings. The second kappa shape index (κ2) is 4.09. The summed E-state index contributed by atoms with van der Waals surface area (Å²) in [5.41, 5.74) is 5.30. The number of methoxy groups -OCH3 is 1. The molecular formula is C6H11NO2. The first kappa shape index (κ1) is 8.17. The highest BCUT2D eigenvalue weighted by Gasteiger charge is 1.90. The van der Waals surface area contributed by atoms with Crippen molar-refractivity contribution >= 4 is 5.97 Å². The Morgan fingerprint density at radius 2 is 2.33 bits per heavy atom. The van der Waals surface area contributed by atoms with E-state index >= 15 is 0 Å². The van der Waals surface area contributed by atoms with Gasteiger partial charge in [-0.25, -0.2) is 4.79 Å². The predicted octanol–water partition coefficient (Wildman–Crippen LogP) is 0.0628. The Balaban J connectivity index is 3.57. The molecule has 0 aliphatic rings. The van der Waals surface area contributed by atoms with Crippen molar-refractivity contribution in [2.75, 3.05) is 7.11 Å². The van der Waals surface area contributed by atoms with E-state index in [1.807, 2.05) is 0 Å². The standard InChI is InChI=1S/C6H11NO2/c1-5(7)3-4-6(8)9-2/h3-5H,7H2,1-2H3/b4-3+. The number of carbonyl (C=O) groups excluding carboxylic acids is 1. The fourth-order valence-electron chi connectivity index (χ4n) is 0.298. The first-order valence-corrected chi connectivity index (χ1v) is 2.68. The smallest absolute Gasteiger partial charge is 0.330 e. The van der Waals surface area contributed by atoms with Gasteiger partial charge in [-0.05, 0) is 6.92 Å². The average Bonchev–Trinajstić information content (AvgIpc) is 1.83. The number of hydrogen-bond donors (Lipinski definition) is 1. The lowest BCUT2D eigenvalue weighted by molar-refractivity contribution is -0.134. The van der Waals surface area contributed by atoms with Crippen molar-refractivity contribution in [1.29, 1.82) is 0 Å². The Bertz CT molecular complexity index is 118. The van der Waals surface area contributed by atoms with Crippen LogP contribution in [0.1, 0.15) is 6.92 Å². The minimum absolute atomic E-state index is 0.0934. The van der Waals surface area contributed by atoms with E-state index in [1.165, 1.54) is 13.2 Å². The monoisotopic (exact) mass is 129 g/mol. The van der Waals surface area contributed by atoms with Gasteiger partial charge in [0.25, 0.3) is 0 Å². The molecule has 0 rings (SSSR count). The molecule has 1 unspecified atom stereocenters. The van der Waals surface area contributed by atoms with E-state index in [2.05, 4.69) is 4.74 Å². The van der Waals surface area contributed by atoms with Crippen LogP contribution in [0.25, 0.3) is 0 Å². The summed E-state index contributed by atoms with van der Waals surface area (Å²) >= 11 is 0. The molecule has 0 bridgehead atoms. The fourth-order valence-corrected chi connectivity index (χ4v) is 0.298. The first-order chi connectivity index (χ1) is 4.16. The molecule has 2 N–H and O–H groups in total. The van der Waals surface area contributed by atoms with Crippen molar-refractivity contribution in [2.45, 2.75) is 13.0 Å². The molecule has 0 saturated heterocycles. The van der Waals surface area contributed by atoms with E-state index in [4.69, 9.17) is 5.73 Å². The summed E-state index contributed by atoms with van der Waals surface area (Å²) in [5.74, 6) is -0.368. The van der Waals surface area contributed by atoms with Gasteiger partial charge in [0.2, 0.25) is 0 Å². The van der Waals surface area contributed by atoms with Crippen LogP contribution in [0.3, 0.4) is 0 Å². The molecular weight excluding hydrogens is 118 g/mol. The molecule has 0 radical (unpaired) electrons. The van der Waals surface area contributed by atoms with Crippen molar-refractivity contribution in [3.05, 3.63) is 12.2 Å². The van der Waals surface area contributed by atoms with Gasteiger partial charge in [-0.15, -0.1) is 0 Å². The van der Waals surface area contributed by atoms with Gasteiger partial charge < -0.3 is 10.5 Å². The van der Waals surface area contributed by atoms with Crippen molar-refractivity contribution in [3.8, 4) is 0 Å². The van der Waals surface area contributed by atoms with Crippen molar-refractivity contribution in [3.63, 3.8) is 0 Å². The van der Waals surface area contributed by atoms with Gasteiger partial charge in [0, 0.05) is 12.1 Å². The number of esters is 1. The number of carbonyl (C=O) groups is 1. The summed E-state index contributed by atoms with van der Waals surface area (Å²) in [6, 6.07) is -0.0934. The maximum absolute atomic E-state index is 10.4. The molecule has 3 nitrogen and oxygen atoms in total. The molecule has 0 amide bonds. The fraction of sp³-hybridized carbons (Fsp3) is 0.500. The van der Waals surface area contributed by atoms with Crippen LogP contribution in [0.15, 0.2) is 12.2 Å². The molecule has 0 heterocycles. The van der Waals surface area contributed by atoms with Crippen LogP contribution < -0.4 is 5.73 Å². The SMILES string of the molecule is COC(=O)/C=C/C(C)N. The Morgan fingerprint density at radius 3 is 2.67 bits per heavy atom. The number of nitrogens with two attached hydrogens (primary N) is 1. The molecule has 0 aromatic carbocycles. The Kier molecular flexibility index (Phi) is 3.71. The molecule has 3 heteroatoms. The second-order valence-corrected chi connectivity index (χ2v) is 1.74. The number of rotatable bonds is 2. The van der Waals surface area contributed by atoms with E-state index in [1.54, 1.807) is 13.0 Å². The van der Waals surface area contributed by atoms with Crippen LogP contribution in [0.4, 0.5) is 0 Å². The van der Waals surface area contributed by atoms with E-state index in [0.29, 0.717) is 0 Å². The highest BCUT2D eigenvalue weighted by Crippen LogP contribution is 1.80. The lowest BCUT2D eigenvalue weighted by atomic mass is 10.3. The summed E-state index contributed by atoms with van der Waals surface area (Å²) in [4.78, 5) is 10.4. The lowest BCUT2D eigenvalue weighted by Gasteiger charge is -1.92. The van der Waals surface area contributed by atoms with Gasteiger partial charge in [-0.1, -0.05) is 6.08 Å². The molecule has 1 atom stereocenters. The molecule has 0 aromatic heterocycles. The third-order valence-corrected chi connectivity index (χ3v) is 0.737. The zero-order chi connectivity index (χ0) is 7.28. The minimum Gasteiger partial charge on any atom is -0.466 e. The Hall–Kier alpha value is -0.830. The third-order valence-electron chi connectivity index (χ3n) is 0.737. The van der Waals surface area contributed by atoms with Gasteiger partial charge in [0.1, 0.15) is 0 Å². The van der Waals surface area contributed by atoms with Crippen molar-refractivity contribution in [2.24, 2.45) is 5.73 Å². The molecule has 0 spiro atoms. The van der Waals surface area contributed by atoms with Gasteiger partial charge in [0.15, 0.2) is 0 Å². The highest BCUT2D eigenvalue weighted by atomic mass is 16.5. The predicted molar refractivity (Wildman–Crippen MR) is 34.8 cm³/mol. The quantitative estimate of drug-likeness (QED) is 0.424. The van der Waals surface area contributed by atoms with E-state index in [0.717, 1.165) is 0 Å². The number of hydrogen-bond acceptors (Lipinski definition) is 3. The topological polar surface area (TPSA) is 52.3 Å². The van der Waals surface area contributed by atoms with Crippen molar-refractivity contribution < 1.29 is 9.53 Å². The molecule has 0 aliphatic heterocycles. The van der Waals surface area contributed by atoms with Crippen LogP contribution in [0, 0.1) is 0 Å². The van der Waals surface area contributed by atoms with Crippen molar-refractivity contribution in [1.82, 2.24) is 0 Å². The van der Waals surface area contributed by atoms with Crippen LogP contribution in [0.5, 0.6) is 0 Å². The van der Waals surface area contributed by atoms with Gasteiger partial charge in [-0.2, -0.15) is 0 Å². The largest absolute Gasteiger partial charge is 0.466 e. The summed E-state index contributed by atoms with van der Waals surface area (Å²) in [5, 5.41) is 0. The molecule has 9 heavy (non-hydrogen) atoms. The maximum Gasteiger partial charge on any atom is 0.330 e. The van der Waals surface area contributed by atoms with Crippen LogP contribution in [0.2, 0.25) is 0 Å². The lowest BCUT2D eigenvalue weighted by Crippen LogP contribution is -2.11. The molecule has 0 fully saturated rings. The second-order valence-electron chi connectivity index (χ2n) is 1.74. The summed E-state index contributed by atoms with van der Waals surface area (Å²) in [7, 11) is 1.33. The zero-order valence-electron chi connectivity index (χ0n) is 5.63. The van der Waals surface area contributed by atoms with Gasteiger partial charge in [0.05, 0.1) is 7.11 Å². The van der Waals surface area contributed by atoms with Crippen LogP contribution in [-0.4, -0.2) is 19.1 Å². The van der Waals surface area contributed by atoms with Crippen LogP contribution >= 0.6 is 0 Å².